The Kier molecular flexibility index (Phi) is 3.57. The number of likely N-dealkylation sites (tertiary alicyclic amines) is 1. The molecule has 3 rings (SSSR count). The highest BCUT2D eigenvalue weighted by molar-refractivity contribution is 5.83. The number of hydrogen-bond acceptors (Lipinski definition) is 2. The first kappa shape index (κ1) is 13.9. The number of carboxylic acid groups (broad SMARTS) is 1. The minimum absolute atomic E-state index is 0.138. The summed E-state index contributed by atoms with van der Waals surface area (Å²) in [6, 6.07) is 6.87. The zero-order chi connectivity index (χ0) is 15.0. The molecule has 1 aromatic rings. The largest absolute Gasteiger partial charge is 0.480 e. The summed E-state index contributed by atoms with van der Waals surface area (Å²) in [6.07, 6.45) is 1.38. The van der Waals surface area contributed by atoms with Crippen molar-refractivity contribution < 1.29 is 14.7 Å². The molecule has 5 nitrogen and oxygen atoms in total. The number of rotatable bonds is 1. The molecule has 21 heavy (non-hydrogen) atoms. The lowest BCUT2D eigenvalue weighted by molar-refractivity contribution is -0.142. The summed E-state index contributed by atoms with van der Waals surface area (Å²) in [7, 11) is 0. The van der Waals surface area contributed by atoms with Gasteiger partial charge in [-0.1, -0.05) is 31.2 Å². The molecule has 5 heteroatoms. The van der Waals surface area contributed by atoms with Gasteiger partial charge < -0.3 is 14.9 Å². The molecular weight excluding hydrogens is 268 g/mol. The van der Waals surface area contributed by atoms with Crippen LogP contribution < -0.4 is 0 Å². The lowest BCUT2D eigenvalue weighted by atomic mass is 9.94. The van der Waals surface area contributed by atoms with E-state index < -0.39 is 12.0 Å². The van der Waals surface area contributed by atoms with Crippen LogP contribution in [0, 0.1) is 5.92 Å². The second kappa shape index (κ2) is 5.39. The minimum Gasteiger partial charge on any atom is -0.480 e. The quantitative estimate of drug-likeness (QED) is 0.859. The predicted molar refractivity (Wildman–Crippen MR) is 77.9 cm³/mol. The number of benzene rings is 1. The molecule has 0 aromatic heterocycles. The van der Waals surface area contributed by atoms with Gasteiger partial charge in [0.25, 0.3) is 0 Å². The average molecular weight is 288 g/mol. The summed E-state index contributed by atoms with van der Waals surface area (Å²) in [6.45, 7) is 3.96. The van der Waals surface area contributed by atoms with Gasteiger partial charge in [0.2, 0.25) is 0 Å². The molecule has 1 saturated heterocycles. The van der Waals surface area contributed by atoms with E-state index in [2.05, 4.69) is 6.92 Å². The van der Waals surface area contributed by atoms with Gasteiger partial charge in [-0.05, 0) is 23.5 Å². The maximum Gasteiger partial charge on any atom is 0.326 e. The van der Waals surface area contributed by atoms with Crippen LogP contribution in [-0.2, 0) is 17.8 Å². The van der Waals surface area contributed by atoms with Crippen molar-refractivity contribution >= 4 is 12.0 Å². The number of aliphatic carboxylic acids is 1. The first-order chi connectivity index (χ1) is 10.1. The van der Waals surface area contributed by atoms with Gasteiger partial charge in [-0.2, -0.15) is 0 Å². The van der Waals surface area contributed by atoms with Crippen molar-refractivity contribution in [1.29, 1.82) is 0 Å². The summed E-state index contributed by atoms with van der Waals surface area (Å²) in [5.41, 5.74) is 2.08. The van der Waals surface area contributed by atoms with Crippen LogP contribution in [0.25, 0.3) is 0 Å². The van der Waals surface area contributed by atoms with E-state index in [0.29, 0.717) is 18.9 Å². The van der Waals surface area contributed by atoms with E-state index in [1.807, 2.05) is 24.3 Å². The lowest BCUT2D eigenvalue weighted by Gasteiger charge is -2.36. The standard InChI is InChI=1S/C16H20N2O3/c1-11-6-7-17(9-11)16(21)18-10-13-5-3-2-4-12(13)8-14(18)15(19)20/h2-5,11,14H,6-10H2,1H3,(H,19,20)/t11?,14-/m0/s1. The van der Waals surface area contributed by atoms with Gasteiger partial charge in [0.15, 0.2) is 0 Å². The second-order valence-electron chi connectivity index (χ2n) is 6.08. The van der Waals surface area contributed by atoms with E-state index in [1.54, 1.807) is 4.90 Å². The lowest BCUT2D eigenvalue weighted by Crippen LogP contribution is -2.53. The molecule has 1 unspecified atom stereocenters. The van der Waals surface area contributed by atoms with E-state index >= 15 is 0 Å². The first-order valence-electron chi connectivity index (χ1n) is 7.41. The van der Waals surface area contributed by atoms with Crippen molar-refractivity contribution in [3.8, 4) is 0 Å². The molecule has 2 aliphatic heterocycles. The zero-order valence-electron chi connectivity index (χ0n) is 12.2. The summed E-state index contributed by atoms with van der Waals surface area (Å²) in [5, 5.41) is 9.47. The van der Waals surface area contributed by atoms with Crippen LogP contribution in [0.15, 0.2) is 24.3 Å². The van der Waals surface area contributed by atoms with Gasteiger partial charge >= 0.3 is 12.0 Å². The van der Waals surface area contributed by atoms with Crippen molar-refractivity contribution in [1.82, 2.24) is 9.80 Å². The van der Waals surface area contributed by atoms with E-state index in [-0.39, 0.29) is 6.03 Å². The van der Waals surface area contributed by atoms with Crippen molar-refractivity contribution in [2.24, 2.45) is 5.92 Å². The van der Waals surface area contributed by atoms with Crippen molar-refractivity contribution in [3.05, 3.63) is 35.4 Å². The van der Waals surface area contributed by atoms with Crippen LogP contribution in [0.5, 0.6) is 0 Å². The number of nitrogens with zero attached hydrogens (tertiary/aromatic N) is 2. The Morgan fingerprint density at radius 2 is 1.95 bits per heavy atom. The van der Waals surface area contributed by atoms with Crippen molar-refractivity contribution in [2.45, 2.75) is 32.4 Å². The third-order valence-corrected chi connectivity index (χ3v) is 4.47. The van der Waals surface area contributed by atoms with Gasteiger partial charge in [-0.25, -0.2) is 9.59 Å². The Bertz CT molecular complexity index is 572. The Hall–Kier alpha value is -2.04. The molecular formula is C16H20N2O3. The summed E-state index contributed by atoms with van der Waals surface area (Å²) in [5.74, 6) is -0.431. The fraction of sp³-hybridized carbons (Fsp3) is 0.500. The van der Waals surface area contributed by atoms with Crippen LogP contribution in [0.4, 0.5) is 4.79 Å². The molecule has 0 aliphatic carbocycles. The highest BCUT2D eigenvalue weighted by Gasteiger charge is 2.37. The SMILES string of the molecule is CC1CCN(C(=O)N2Cc3ccccc3C[C@H]2C(=O)O)C1. The Labute approximate surface area is 124 Å². The molecule has 1 N–H and O–H groups in total. The fourth-order valence-electron chi connectivity index (χ4n) is 3.24. The zero-order valence-corrected chi connectivity index (χ0v) is 12.2. The number of carboxylic acids is 1. The molecule has 112 valence electrons. The van der Waals surface area contributed by atoms with E-state index in [4.69, 9.17) is 0 Å². The fourth-order valence-corrected chi connectivity index (χ4v) is 3.24. The van der Waals surface area contributed by atoms with Gasteiger partial charge in [-0.15, -0.1) is 0 Å². The number of urea groups is 1. The highest BCUT2D eigenvalue weighted by atomic mass is 16.4. The summed E-state index contributed by atoms with van der Waals surface area (Å²) in [4.78, 5) is 27.5. The molecule has 1 fully saturated rings. The molecule has 0 bridgehead atoms. The molecule has 2 aliphatic rings. The van der Waals surface area contributed by atoms with E-state index in [9.17, 15) is 14.7 Å². The Morgan fingerprint density at radius 1 is 1.24 bits per heavy atom. The van der Waals surface area contributed by atoms with Crippen LogP contribution in [0.3, 0.4) is 0 Å². The predicted octanol–water partition coefficient (Wildman–Crippen LogP) is 1.96. The molecule has 0 saturated carbocycles. The first-order valence-corrected chi connectivity index (χ1v) is 7.41. The van der Waals surface area contributed by atoms with Crippen molar-refractivity contribution in [2.75, 3.05) is 13.1 Å². The van der Waals surface area contributed by atoms with Crippen LogP contribution in [0.2, 0.25) is 0 Å². The Balaban J connectivity index is 1.85. The van der Waals surface area contributed by atoms with Gasteiger partial charge in [0.05, 0.1) is 0 Å². The third-order valence-electron chi connectivity index (χ3n) is 4.47. The second-order valence-corrected chi connectivity index (χ2v) is 6.08. The number of fused-ring (bicyclic) bond motifs is 1. The maximum atomic E-state index is 12.7. The number of hydrogen-bond donors (Lipinski definition) is 1. The summed E-state index contributed by atoms with van der Waals surface area (Å²) < 4.78 is 0. The normalized spacial score (nSPS) is 24.8. The van der Waals surface area contributed by atoms with Crippen molar-refractivity contribution in [3.63, 3.8) is 0 Å². The molecule has 2 atom stereocenters. The van der Waals surface area contributed by atoms with Crippen LogP contribution in [-0.4, -0.2) is 46.0 Å². The average Bonchev–Trinajstić information content (AvgIpc) is 2.91. The molecule has 2 heterocycles. The molecule has 0 radical (unpaired) electrons. The van der Waals surface area contributed by atoms with Gasteiger partial charge in [0.1, 0.15) is 6.04 Å². The molecule has 2 amide bonds. The van der Waals surface area contributed by atoms with E-state index in [1.165, 1.54) is 4.90 Å². The van der Waals surface area contributed by atoms with Gasteiger partial charge in [0, 0.05) is 26.1 Å². The topological polar surface area (TPSA) is 60.9 Å². The maximum absolute atomic E-state index is 12.7. The van der Waals surface area contributed by atoms with Gasteiger partial charge in [-0.3, -0.25) is 0 Å². The van der Waals surface area contributed by atoms with Crippen LogP contribution in [0.1, 0.15) is 24.5 Å². The highest BCUT2D eigenvalue weighted by Crippen LogP contribution is 2.26. The third kappa shape index (κ3) is 2.60. The Morgan fingerprint density at radius 3 is 2.57 bits per heavy atom. The number of carbonyl (C=O) groups excluding carboxylic acids is 1. The van der Waals surface area contributed by atoms with E-state index in [0.717, 1.165) is 30.6 Å². The smallest absolute Gasteiger partial charge is 0.326 e. The molecule has 1 aromatic carbocycles. The summed E-state index contributed by atoms with van der Waals surface area (Å²) >= 11 is 0. The van der Waals surface area contributed by atoms with Crippen LogP contribution >= 0.6 is 0 Å². The molecule has 0 spiro atoms. The minimum atomic E-state index is -0.926. The number of carbonyl (C=O) groups is 2. The monoisotopic (exact) mass is 288 g/mol. The number of amides is 2.